The van der Waals surface area contributed by atoms with E-state index in [2.05, 4.69) is 15.6 Å². The molecule has 0 saturated carbocycles. The second-order valence-electron chi connectivity index (χ2n) is 6.24. The molecule has 0 aliphatic carbocycles. The second-order valence-corrected chi connectivity index (χ2v) is 6.63. The highest BCUT2D eigenvalue weighted by Gasteiger charge is 2.25. The molecule has 9 heteroatoms. The molecule has 0 radical (unpaired) electrons. The Morgan fingerprint density at radius 2 is 1.64 bits per heavy atom. The molecule has 1 heterocycles. The number of pyridine rings is 1. The number of nitrogens with one attached hydrogen (secondary N) is 2. The summed E-state index contributed by atoms with van der Waals surface area (Å²) in [6.45, 7) is 1.27. The largest absolute Gasteiger partial charge is 0.368 e. The van der Waals surface area contributed by atoms with E-state index in [0.29, 0.717) is 16.3 Å². The summed E-state index contributed by atoms with van der Waals surface area (Å²) in [5.41, 5.74) is 6.71. The van der Waals surface area contributed by atoms with Crippen LogP contribution in [0.4, 0.5) is 4.39 Å². The number of hydrogen-bond acceptors (Lipinski definition) is 4. The third kappa shape index (κ3) is 6.62. The van der Waals surface area contributed by atoms with Crippen LogP contribution in [0.1, 0.15) is 18.1 Å². The van der Waals surface area contributed by atoms with E-state index >= 15 is 0 Å². The predicted molar refractivity (Wildman–Crippen MR) is 102 cm³/mol. The molecule has 1 aromatic heterocycles. The van der Waals surface area contributed by atoms with Gasteiger partial charge in [-0.25, -0.2) is 9.37 Å². The molecule has 0 aliphatic rings. The van der Waals surface area contributed by atoms with Gasteiger partial charge in [0.05, 0.1) is 0 Å². The smallest absolute Gasteiger partial charge is 0.243 e. The Labute approximate surface area is 166 Å². The van der Waals surface area contributed by atoms with Crippen LogP contribution in [0, 0.1) is 5.82 Å². The van der Waals surface area contributed by atoms with Crippen LogP contribution in [0.2, 0.25) is 5.15 Å². The fourth-order valence-electron chi connectivity index (χ4n) is 2.57. The van der Waals surface area contributed by atoms with Gasteiger partial charge in [-0.2, -0.15) is 0 Å². The van der Waals surface area contributed by atoms with Crippen molar-refractivity contribution in [2.24, 2.45) is 5.73 Å². The van der Waals surface area contributed by atoms with Crippen molar-refractivity contribution in [3.05, 3.63) is 64.7 Å². The molecular weight excluding hydrogens is 387 g/mol. The van der Waals surface area contributed by atoms with Crippen molar-refractivity contribution in [1.29, 1.82) is 0 Å². The minimum Gasteiger partial charge on any atom is -0.368 e. The number of halogens is 2. The Bertz CT molecular complexity index is 843. The average Bonchev–Trinajstić information content (AvgIpc) is 2.63. The third-order valence-corrected chi connectivity index (χ3v) is 4.16. The number of aromatic nitrogens is 1. The maximum absolute atomic E-state index is 13.1. The fraction of sp³-hybridized carbons (Fsp3) is 0.263. The van der Waals surface area contributed by atoms with Crippen molar-refractivity contribution < 1.29 is 18.8 Å². The van der Waals surface area contributed by atoms with Gasteiger partial charge < -0.3 is 16.4 Å². The zero-order chi connectivity index (χ0) is 20.7. The van der Waals surface area contributed by atoms with Crippen LogP contribution in [-0.4, -0.2) is 34.8 Å². The van der Waals surface area contributed by atoms with E-state index in [1.165, 1.54) is 37.4 Å². The Balaban J connectivity index is 2.11. The normalized spacial score (nSPS) is 12.7. The molecule has 2 atom stereocenters. The molecule has 2 aromatic rings. The number of rotatable bonds is 8. The molecule has 2 rings (SSSR count). The molecule has 0 unspecified atom stereocenters. The summed E-state index contributed by atoms with van der Waals surface area (Å²) in [4.78, 5) is 39.8. The molecule has 0 spiro atoms. The fourth-order valence-corrected chi connectivity index (χ4v) is 2.68. The van der Waals surface area contributed by atoms with Crippen LogP contribution in [0.5, 0.6) is 0 Å². The number of nitrogens with zero attached hydrogens (tertiary/aromatic N) is 1. The highest BCUT2D eigenvalue weighted by Crippen LogP contribution is 2.09. The lowest BCUT2D eigenvalue weighted by Crippen LogP contribution is -2.54. The summed E-state index contributed by atoms with van der Waals surface area (Å²) in [6.07, 6.45) is 1.72. The highest BCUT2D eigenvalue weighted by molar-refractivity contribution is 6.29. The summed E-state index contributed by atoms with van der Waals surface area (Å²) in [6, 6.07) is 6.83. The first kappa shape index (κ1) is 21.3. The van der Waals surface area contributed by atoms with E-state index < -0.39 is 35.6 Å². The minimum atomic E-state index is -1.00. The molecule has 3 amide bonds. The lowest BCUT2D eigenvalue weighted by molar-refractivity contribution is -0.130. The molecule has 1 aromatic carbocycles. The molecule has 0 saturated heterocycles. The number of carbonyl (C=O) groups is 3. The molecule has 28 heavy (non-hydrogen) atoms. The lowest BCUT2D eigenvalue weighted by Gasteiger charge is -2.21. The van der Waals surface area contributed by atoms with Crippen LogP contribution in [0.25, 0.3) is 0 Å². The maximum Gasteiger partial charge on any atom is 0.243 e. The van der Waals surface area contributed by atoms with Crippen LogP contribution < -0.4 is 16.4 Å². The Morgan fingerprint density at radius 1 is 1.04 bits per heavy atom. The van der Waals surface area contributed by atoms with Crippen LogP contribution in [0.3, 0.4) is 0 Å². The van der Waals surface area contributed by atoms with Gasteiger partial charge in [-0.3, -0.25) is 14.4 Å². The molecular formula is C19H20ClFN4O3. The van der Waals surface area contributed by atoms with Crippen molar-refractivity contribution in [2.45, 2.75) is 31.8 Å². The van der Waals surface area contributed by atoms with E-state index in [0.717, 1.165) is 0 Å². The summed E-state index contributed by atoms with van der Waals surface area (Å²) in [5.74, 6) is -2.13. The van der Waals surface area contributed by atoms with Crippen molar-refractivity contribution in [3.8, 4) is 0 Å². The first-order valence-electron chi connectivity index (χ1n) is 8.46. The highest BCUT2D eigenvalue weighted by atomic mass is 35.5. The molecule has 4 N–H and O–H groups in total. The number of primary amides is 1. The van der Waals surface area contributed by atoms with Gasteiger partial charge >= 0.3 is 0 Å². The molecule has 0 aliphatic heterocycles. The van der Waals surface area contributed by atoms with Gasteiger partial charge in [0.2, 0.25) is 17.7 Å². The minimum absolute atomic E-state index is 0.120. The summed E-state index contributed by atoms with van der Waals surface area (Å²) >= 11 is 5.74. The van der Waals surface area contributed by atoms with Gasteiger partial charge in [-0.05, 0) is 29.3 Å². The number of hydrogen-bond donors (Lipinski definition) is 3. The zero-order valence-electron chi connectivity index (χ0n) is 15.1. The van der Waals surface area contributed by atoms with Crippen LogP contribution in [0.15, 0.2) is 42.6 Å². The lowest BCUT2D eigenvalue weighted by atomic mass is 10.0. The van der Waals surface area contributed by atoms with E-state index in [4.69, 9.17) is 17.3 Å². The Hall–Kier alpha value is -3.00. The van der Waals surface area contributed by atoms with Crippen molar-refractivity contribution in [2.75, 3.05) is 0 Å². The molecule has 0 bridgehead atoms. The molecule has 148 valence electrons. The Morgan fingerprint density at radius 3 is 2.18 bits per heavy atom. The van der Waals surface area contributed by atoms with Gasteiger partial charge in [0.25, 0.3) is 0 Å². The summed E-state index contributed by atoms with van der Waals surface area (Å²) in [5, 5.41) is 5.38. The standard InChI is InChI=1S/C19H20ClFN4O3/c1-11(26)24-16(8-12-2-5-14(21)6-3-12)19(28)25-15(18(22)27)9-13-4-7-17(20)23-10-13/h2-7,10,15-16H,8-9H2,1H3,(H2,22,27)(H,24,26)(H,25,28)/t15-,16+/m1/s1. The van der Waals surface area contributed by atoms with Gasteiger partial charge in [0.1, 0.15) is 23.1 Å². The van der Waals surface area contributed by atoms with Crippen molar-refractivity contribution >= 4 is 29.3 Å². The first-order chi connectivity index (χ1) is 13.2. The first-order valence-corrected chi connectivity index (χ1v) is 8.84. The van der Waals surface area contributed by atoms with E-state index in [-0.39, 0.29) is 12.8 Å². The van der Waals surface area contributed by atoms with E-state index in [1.54, 1.807) is 12.1 Å². The zero-order valence-corrected chi connectivity index (χ0v) is 15.9. The van der Waals surface area contributed by atoms with Gasteiger partial charge in [0.15, 0.2) is 0 Å². The number of carbonyl (C=O) groups excluding carboxylic acids is 3. The number of amides is 3. The molecule has 0 fully saturated rings. The predicted octanol–water partition coefficient (Wildman–Crippen LogP) is 1.13. The van der Waals surface area contributed by atoms with Crippen LogP contribution in [-0.2, 0) is 27.2 Å². The quantitative estimate of drug-likeness (QED) is 0.570. The summed E-state index contributed by atoms with van der Waals surface area (Å²) < 4.78 is 13.1. The Kier molecular flexibility index (Phi) is 7.45. The van der Waals surface area contributed by atoms with E-state index in [1.807, 2.05) is 0 Å². The van der Waals surface area contributed by atoms with E-state index in [9.17, 15) is 18.8 Å². The molecule has 7 nitrogen and oxygen atoms in total. The van der Waals surface area contributed by atoms with Gasteiger partial charge in [0, 0.05) is 26.0 Å². The monoisotopic (exact) mass is 406 g/mol. The third-order valence-electron chi connectivity index (χ3n) is 3.94. The number of benzene rings is 1. The average molecular weight is 407 g/mol. The SMILES string of the molecule is CC(=O)N[C@@H](Cc1ccc(F)cc1)C(=O)N[C@H](Cc1ccc(Cl)nc1)C(N)=O. The van der Waals surface area contributed by atoms with Crippen molar-refractivity contribution in [1.82, 2.24) is 15.6 Å². The van der Waals surface area contributed by atoms with Crippen molar-refractivity contribution in [3.63, 3.8) is 0 Å². The van der Waals surface area contributed by atoms with Crippen LogP contribution >= 0.6 is 11.6 Å². The van der Waals surface area contributed by atoms with Gasteiger partial charge in [-0.1, -0.05) is 29.8 Å². The summed E-state index contributed by atoms with van der Waals surface area (Å²) in [7, 11) is 0. The second kappa shape index (κ2) is 9.80. The van der Waals surface area contributed by atoms with Gasteiger partial charge in [-0.15, -0.1) is 0 Å². The number of nitrogens with two attached hydrogens (primary N) is 1. The maximum atomic E-state index is 13.1. The topological polar surface area (TPSA) is 114 Å².